The number of carbonyl (C=O) groups is 1. The molecule has 0 saturated carbocycles. The minimum Gasteiger partial charge on any atom is -0.486 e. The van der Waals surface area contributed by atoms with Crippen LogP contribution in [0.3, 0.4) is 0 Å². The molecule has 0 unspecified atom stereocenters. The number of halogens is 1. The van der Waals surface area contributed by atoms with Crippen LogP contribution in [-0.4, -0.2) is 28.5 Å². The zero-order chi connectivity index (χ0) is 21.2. The second-order valence-electron chi connectivity index (χ2n) is 7.04. The Labute approximate surface area is 183 Å². The fourth-order valence-corrected chi connectivity index (χ4v) is 3.46. The molecule has 7 heteroatoms. The van der Waals surface area contributed by atoms with Crippen molar-refractivity contribution in [2.24, 2.45) is 0 Å². The molecule has 6 nitrogen and oxygen atoms in total. The molecule has 1 aliphatic rings. The maximum atomic E-state index is 12.3. The Morgan fingerprint density at radius 2 is 1.81 bits per heavy atom. The van der Waals surface area contributed by atoms with Gasteiger partial charge in [-0.05, 0) is 54.1 Å². The lowest BCUT2D eigenvalue weighted by Crippen LogP contribution is -2.15. The maximum Gasteiger partial charge on any atom is 0.248 e. The van der Waals surface area contributed by atoms with Crippen molar-refractivity contribution in [2.75, 3.05) is 18.5 Å². The minimum atomic E-state index is -0.221. The molecule has 0 bridgehead atoms. The van der Waals surface area contributed by atoms with E-state index in [0.717, 1.165) is 34.0 Å². The van der Waals surface area contributed by atoms with Gasteiger partial charge in [0, 0.05) is 29.1 Å². The average molecular weight is 432 g/mol. The van der Waals surface area contributed by atoms with Gasteiger partial charge in [0.2, 0.25) is 5.91 Å². The van der Waals surface area contributed by atoms with E-state index < -0.39 is 0 Å². The van der Waals surface area contributed by atoms with E-state index in [2.05, 4.69) is 10.3 Å². The van der Waals surface area contributed by atoms with Crippen molar-refractivity contribution in [3.63, 3.8) is 0 Å². The number of ether oxygens (including phenoxy) is 2. The Bertz CT molecular complexity index is 1300. The predicted octanol–water partition coefficient (Wildman–Crippen LogP) is 5.08. The Kier molecular flexibility index (Phi) is 5.06. The summed E-state index contributed by atoms with van der Waals surface area (Å²) in [5, 5.41) is 3.53. The molecule has 31 heavy (non-hydrogen) atoms. The summed E-state index contributed by atoms with van der Waals surface area (Å²) in [6, 6.07) is 16.7. The van der Waals surface area contributed by atoms with E-state index in [4.69, 9.17) is 21.1 Å². The molecular formula is C24H18ClN3O3. The Balaban J connectivity index is 1.33. The molecule has 0 saturated heterocycles. The topological polar surface area (TPSA) is 64.9 Å². The summed E-state index contributed by atoms with van der Waals surface area (Å²) in [5.74, 6) is 1.25. The minimum absolute atomic E-state index is 0.221. The summed E-state index contributed by atoms with van der Waals surface area (Å²) >= 11 is 5.88. The molecular weight excluding hydrogens is 414 g/mol. The lowest BCUT2D eigenvalue weighted by Gasteiger charge is -2.18. The van der Waals surface area contributed by atoms with E-state index in [9.17, 15) is 4.79 Å². The van der Waals surface area contributed by atoms with Gasteiger partial charge in [0.05, 0.1) is 11.4 Å². The molecule has 0 fully saturated rings. The first kappa shape index (κ1) is 19.2. The average Bonchev–Trinajstić information content (AvgIpc) is 3.22. The van der Waals surface area contributed by atoms with Gasteiger partial charge >= 0.3 is 0 Å². The van der Waals surface area contributed by atoms with Crippen molar-refractivity contribution >= 4 is 34.9 Å². The highest BCUT2D eigenvalue weighted by Gasteiger charge is 2.14. The summed E-state index contributed by atoms with van der Waals surface area (Å²) < 4.78 is 13.1. The Morgan fingerprint density at radius 3 is 2.65 bits per heavy atom. The van der Waals surface area contributed by atoms with Gasteiger partial charge in [0.15, 0.2) is 11.5 Å². The molecule has 5 rings (SSSR count). The summed E-state index contributed by atoms with van der Waals surface area (Å²) in [6.07, 6.45) is 6.97. The van der Waals surface area contributed by atoms with Gasteiger partial charge in [-0.15, -0.1) is 0 Å². The molecule has 0 atom stereocenters. The molecule has 4 aromatic rings. The first-order chi connectivity index (χ1) is 15.1. The second-order valence-corrected chi connectivity index (χ2v) is 7.48. The highest BCUT2D eigenvalue weighted by Crippen LogP contribution is 2.34. The van der Waals surface area contributed by atoms with Crippen LogP contribution in [0.4, 0.5) is 5.69 Å². The Hall–Kier alpha value is -3.77. The number of nitrogens with one attached hydrogen (secondary N) is 1. The molecule has 154 valence electrons. The SMILES string of the molecule is O=C(/C=C/c1ccc(Cl)cc1)Nc1ccc2nc(-c3ccc4c(c3)OCCO4)cn2c1. The number of aromatic nitrogens is 2. The number of benzene rings is 2. The number of nitrogens with zero attached hydrogens (tertiary/aromatic N) is 2. The van der Waals surface area contributed by atoms with Gasteiger partial charge in [-0.1, -0.05) is 23.7 Å². The number of hydrogen-bond donors (Lipinski definition) is 1. The number of anilines is 1. The number of imidazole rings is 1. The van der Waals surface area contributed by atoms with Crippen molar-refractivity contribution in [1.82, 2.24) is 9.38 Å². The van der Waals surface area contributed by atoms with Gasteiger partial charge in [-0.3, -0.25) is 4.79 Å². The monoisotopic (exact) mass is 431 g/mol. The van der Waals surface area contributed by atoms with Crippen LogP contribution in [0.25, 0.3) is 23.0 Å². The van der Waals surface area contributed by atoms with Gasteiger partial charge in [-0.2, -0.15) is 0 Å². The summed E-state index contributed by atoms with van der Waals surface area (Å²) in [7, 11) is 0. The first-order valence-electron chi connectivity index (χ1n) is 9.77. The summed E-state index contributed by atoms with van der Waals surface area (Å²) in [4.78, 5) is 16.9. The lowest BCUT2D eigenvalue weighted by molar-refractivity contribution is -0.111. The van der Waals surface area contributed by atoms with Crippen LogP contribution in [0.2, 0.25) is 5.02 Å². The van der Waals surface area contributed by atoms with Crippen LogP contribution in [-0.2, 0) is 4.79 Å². The van der Waals surface area contributed by atoms with E-state index in [1.807, 2.05) is 59.3 Å². The third-order valence-electron chi connectivity index (χ3n) is 4.85. The van der Waals surface area contributed by atoms with Crippen LogP contribution in [0.15, 0.2) is 73.1 Å². The van der Waals surface area contributed by atoms with Crippen LogP contribution in [0, 0.1) is 0 Å². The zero-order valence-electron chi connectivity index (χ0n) is 16.4. The fraction of sp³-hybridized carbons (Fsp3) is 0.0833. The molecule has 1 amide bonds. The molecule has 0 aliphatic carbocycles. The molecule has 0 radical (unpaired) electrons. The van der Waals surface area contributed by atoms with E-state index in [1.165, 1.54) is 6.08 Å². The molecule has 0 spiro atoms. The first-order valence-corrected chi connectivity index (χ1v) is 10.2. The van der Waals surface area contributed by atoms with Gasteiger partial charge in [0.25, 0.3) is 0 Å². The van der Waals surface area contributed by atoms with E-state index in [0.29, 0.717) is 23.9 Å². The summed E-state index contributed by atoms with van der Waals surface area (Å²) in [6.45, 7) is 1.10. The largest absolute Gasteiger partial charge is 0.486 e. The molecule has 2 aromatic carbocycles. The van der Waals surface area contributed by atoms with Crippen molar-refractivity contribution < 1.29 is 14.3 Å². The van der Waals surface area contributed by atoms with Gasteiger partial charge < -0.3 is 19.2 Å². The molecule has 1 aliphatic heterocycles. The third kappa shape index (κ3) is 4.25. The van der Waals surface area contributed by atoms with Crippen LogP contribution in [0.5, 0.6) is 11.5 Å². The van der Waals surface area contributed by atoms with Crippen LogP contribution < -0.4 is 14.8 Å². The number of carbonyl (C=O) groups excluding carboxylic acids is 1. The maximum absolute atomic E-state index is 12.3. The highest BCUT2D eigenvalue weighted by molar-refractivity contribution is 6.30. The quantitative estimate of drug-likeness (QED) is 0.458. The highest BCUT2D eigenvalue weighted by atomic mass is 35.5. The number of hydrogen-bond acceptors (Lipinski definition) is 4. The van der Waals surface area contributed by atoms with Crippen molar-refractivity contribution in [3.05, 3.63) is 83.7 Å². The summed E-state index contributed by atoms with van der Waals surface area (Å²) in [5.41, 5.74) is 4.09. The van der Waals surface area contributed by atoms with E-state index in [1.54, 1.807) is 18.2 Å². The van der Waals surface area contributed by atoms with E-state index in [-0.39, 0.29) is 5.91 Å². The standard InChI is InChI=1S/C24H18ClN3O3/c25-18-5-1-16(2-6-18)3-10-24(29)26-19-7-9-23-27-20(15-28(23)14-19)17-4-8-21-22(13-17)31-12-11-30-21/h1-10,13-15H,11-12H2,(H,26,29)/b10-3+. The number of fused-ring (bicyclic) bond motifs is 2. The van der Waals surface area contributed by atoms with E-state index >= 15 is 0 Å². The fourth-order valence-electron chi connectivity index (χ4n) is 3.34. The second kappa shape index (κ2) is 8.16. The zero-order valence-corrected chi connectivity index (χ0v) is 17.2. The van der Waals surface area contributed by atoms with Crippen molar-refractivity contribution in [3.8, 4) is 22.8 Å². The predicted molar refractivity (Wildman–Crippen MR) is 121 cm³/mol. The van der Waals surface area contributed by atoms with Crippen LogP contribution in [0.1, 0.15) is 5.56 Å². The molecule has 1 N–H and O–H groups in total. The molecule has 3 heterocycles. The van der Waals surface area contributed by atoms with Crippen molar-refractivity contribution in [1.29, 1.82) is 0 Å². The van der Waals surface area contributed by atoms with Crippen molar-refractivity contribution in [2.45, 2.75) is 0 Å². The lowest BCUT2D eigenvalue weighted by atomic mass is 10.1. The van der Waals surface area contributed by atoms with Crippen LogP contribution >= 0.6 is 11.6 Å². The van der Waals surface area contributed by atoms with Gasteiger partial charge in [-0.25, -0.2) is 4.98 Å². The number of amides is 1. The molecule has 2 aromatic heterocycles. The number of rotatable bonds is 4. The Morgan fingerprint density at radius 1 is 1.00 bits per heavy atom. The third-order valence-corrected chi connectivity index (χ3v) is 5.11. The normalized spacial score (nSPS) is 12.9. The van der Waals surface area contributed by atoms with Gasteiger partial charge in [0.1, 0.15) is 18.9 Å². The number of pyridine rings is 1. The smallest absolute Gasteiger partial charge is 0.248 e.